The smallest absolute Gasteiger partial charge is 0.305 e. The Morgan fingerprint density at radius 1 is 1.33 bits per heavy atom. The van der Waals surface area contributed by atoms with Crippen molar-refractivity contribution in [2.24, 2.45) is 17.4 Å². The number of primary amides is 1. The molecule has 0 aliphatic carbocycles. The topological polar surface area (TPSA) is 166 Å². The molecule has 1 aromatic heterocycles. The number of carbonyl (C=O) groups is 3. The van der Waals surface area contributed by atoms with E-state index in [1.807, 2.05) is 0 Å². The minimum absolute atomic E-state index is 0.107. The summed E-state index contributed by atoms with van der Waals surface area (Å²) in [5, 5.41) is 20.0. The molecule has 1 aromatic rings. The first-order chi connectivity index (χ1) is 11.4. The lowest BCUT2D eigenvalue weighted by Gasteiger charge is -2.25. The van der Waals surface area contributed by atoms with Crippen molar-refractivity contribution in [2.75, 3.05) is 13.1 Å². The molecule has 1 unspecified atom stereocenters. The van der Waals surface area contributed by atoms with E-state index in [9.17, 15) is 14.4 Å². The van der Waals surface area contributed by atoms with Gasteiger partial charge in [-0.25, -0.2) is 4.68 Å². The van der Waals surface area contributed by atoms with E-state index in [0.29, 0.717) is 18.5 Å². The highest BCUT2D eigenvalue weighted by molar-refractivity contribution is 5.88. The third kappa shape index (κ3) is 4.59. The Labute approximate surface area is 138 Å². The van der Waals surface area contributed by atoms with Crippen LogP contribution in [-0.2, 0) is 14.4 Å². The van der Waals surface area contributed by atoms with Gasteiger partial charge < -0.3 is 21.9 Å². The number of amides is 1. The lowest BCUT2D eigenvalue weighted by molar-refractivity contribution is -0.141. The first-order valence-corrected chi connectivity index (χ1v) is 7.80. The molecule has 6 N–H and O–H groups in total. The Bertz CT molecular complexity index is 610. The molecule has 10 nitrogen and oxygen atoms in total. The molecule has 2 rings (SSSR count). The van der Waals surface area contributed by atoms with Crippen LogP contribution < -0.4 is 16.8 Å². The standard InChI is InChI=1S/C14H22N6O4/c15-9(5-12(16)21)10-7-20(19-18-10)11(6-13(22)23)14(24)8-1-3-17-4-2-8/h7-9,11,17H,1-6,15H2,(H2,16,21)(H,22,23)/t9?,11-/m0/s1. The molecule has 24 heavy (non-hydrogen) atoms. The van der Waals surface area contributed by atoms with Gasteiger partial charge in [0.05, 0.1) is 24.4 Å². The summed E-state index contributed by atoms with van der Waals surface area (Å²) < 4.78 is 1.23. The predicted molar refractivity (Wildman–Crippen MR) is 82.7 cm³/mol. The molecule has 1 saturated heterocycles. The zero-order chi connectivity index (χ0) is 17.7. The monoisotopic (exact) mass is 338 g/mol. The summed E-state index contributed by atoms with van der Waals surface area (Å²) in [5.41, 5.74) is 11.2. The molecule has 2 heterocycles. The number of hydrogen-bond acceptors (Lipinski definition) is 7. The number of nitrogens with zero attached hydrogens (tertiary/aromatic N) is 3. The van der Waals surface area contributed by atoms with Crippen LogP contribution in [0.2, 0.25) is 0 Å². The lowest BCUT2D eigenvalue weighted by Crippen LogP contribution is -2.36. The Kier molecular flexibility index (Phi) is 5.99. The Morgan fingerprint density at radius 2 is 2.00 bits per heavy atom. The fourth-order valence-electron chi connectivity index (χ4n) is 2.80. The van der Waals surface area contributed by atoms with Crippen LogP contribution >= 0.6 is 0 Å². The number of carbonyl (C=O) groups excluding carboxylic acids is 2. The van der Waals surface area contributed by atoms with Crippen LogP contribution in [-0.4, -0.2) is 50.8 Å². The quantitative estimate of drug-likeness (QED) is 0.455. The van der Waals surface area contributed by atoms with Gasteiger partial charge in [0.1, 0.15) is 6.04 Å². The summed E-state index contributed by atoms with van der Waals surface area (Å²) in [5.74, 6) is -2.05. The average molecular weight is 338 g/mol. The maximum Gasteiger partial charge on any atom is 0.305 e. The third-order valence-electron chi connectivity index (χ3n) is 4.09. The summed E-state index contributed by atoms with van der Waals surface area (Å²) in [7, 11) is 0. The number of ketones is 1. The van der Waals surface area contributed by atoms with Crippen molar-refractivity contribution in [3.8, 4) is 0 Å². The number of aliphatic carboxylic acids is 1. The van der Waals surface area contributed by atoms with Crippen molar-refractivity contribution in [3.63, 3.8) is 0 Å². The maximum atomic E-state index is 12.7. The number of hydrogen-bond donors (Lipinski definition) is 4. The molecule has 0 radical (unpaired) electrons. The zero-order valence-corrected chi connectivity index (χ0v) is 13.2. The first-order valence-electron chi connectivity index (χ1n) is 7.80. The summed E-state index contributed by atoms with van der Waals surface area (Å²) in [6.45, 7) is 1.45. The molecular weight excluding hydrogens is 316 g/mol. The molecule has 1 aliphatic rings. The molecule has 1 fully saturated rings. The molecule has 1 aliphatic heterocycles. The third-order valence-corrected chi connectivity index (χ3v) is 4.09. The van der Waals surface area contributed by atoms with Gasteiger partial charge in [-0.15, -0.1) is 5.10 Å². The molecule has 0 bridgehead atoms. The minimum atomic E-state index is -1.10. The SMILES string of the molecule is NC(=O)CC(N)c1cn([C@@H](CC(=O)O)C(=O)C2CCNCC2)nn1. The molecule has 0 spiro atoms. The van der Waals surface area contributed by atoms with E-state index in [-0.39, 0.29) is 24.5 Å². The van der Waals surface area contributed by atoms with Crippen molar-refractivity contribution < 1.29 is 19.5 Å². The molecule has 0 saturated carbocycles. The van der Waals surface area contributed by atoms with E-state index in [0.717, 1.165) is 13.1 Å². The van der Waals surface area contributed by atoms with E-state index in [2.05, 4.69) is 15.6 Å². The largest absolute Gasteiger partial charge is 0.481 e. The van der Waals surface area contributed by atoms with E-state index in [1.165, 1.54) is 10.9 Å². The number of Topliss-reactive ketones (excluding diaryl/α,β-unsaturated/α-hetero) is 1. The van der Waals surface area contributed by atoms with E-state index < -0.39 is 24.0 Å². The number of aromatic nitrogens is 3. The highest BCUT2D eigenvalue weighted by Crippen LogP contribution is 2.24. The molecule has 10 heteroatoms. The number of nitrogens with two attached hydrogens (primary N) is 2. The van der Waals surface area contributed by atoms with Crippen LogP contribution in [0.1, 0.15) is 43.5 Å². The van der Waals surface area contributed by atoms with E-state index in [1.54, 1.807) is 0 Å². The van der Waals surface area contributed by atoms with Gasteiger partial charge >= 0.3 is 5.97 Å². The Morgan fingerprint density at radius 3 is 2.58 bits per heavy atom. The normalized spacial score (nSPS) is 18.0. The Balaban J connectivity index is 2.18. The molecular formula is C14H22N6O4. The average Bonchev–Trinajstić information content (AvgIpc) is 3.02. The van der Waals surface area contributed by atoms with Gasteiger partial charge in [-0.05, 0) is 25.9 Å². The van der Waals surface area contributed by atoms with Crippen LogP contribution in [0.3, 0.4) is 0 Å². The highest BCUT2D eigenvalue weighted by atomic mass is 16.4. The number of nitrogens with one attached hydrogen (secondary N) is 1. The molecule has 132 valence electrons. The summed E-state index contributed by atoms with van der Waals surface area (Å²) >= 11 is 0. The second kappa shape index (κ2) is 7.97. The Hall–Kier alpha value is -2.33. The minimum Gasteiger partial charge on any atom is -0.481 e. The van der Waals surface area contributed by atoms with Crippen molar-refractivity contribution in [1.29, 1.82) is 0 Å². The molecule has 1 amide bonds. The number of piperidine rings is 1. The molecule has 0 aromatic carbocycles. The lowest BCUT2D eigenvalue weighted by atomic mass is 9.88. The highest BCUT2D eigenvalue weighted by Gasteiger charge is 2.32. The van der Waals surface area contributed by atoms with Gasteiger partial charge in [-0.3, -0.25) is 14.4 Å². The number of carboxylic acids is 1. The van der Waals surface area contributed by atoms with Crippen molar-refractivity contribution in [2.45, 2.75) is 37.8 Å². The van der Waals surface area contributed by atoms with Crippen LogP contribution in [0, 0.1) is 5.92 Å². The van der Waals surface area contributed by atoms with Crippen molar-refractivity contribution in [3.05, 3.63) is 11.9 Å². The van der Waals surface area contributed by atoms with Gasteiger partial charge in [-0.1, -0.05) is 5.21 Å². The van der Waals surface area contributed by atoms with E-state index >= 15 is 0 Å². The fraction of sp³-hybridized carbons (Fsp3) is 0.643. The zero-order valence-electron chi connectivity index (χ0n) is 13.2. The fourth-order valence-corrected chi connectivity index (χ4v) is 2.80. The van der Waals surface area contributed by atoms with Crippen LogP contribution in [0.5, 0.6) is 0 Å². The number of carboxylic acid groups (broad SMARTS) is 1. The van der Waals surface area contributed by atoms with Crippen molar-refractivity contribution >= 4 is 17.7 Å². The van der Waals surface area contributed by atoms with Crippen LogP contribution in [0.25, 0.3) is 0 Å². The van der Waals surface area contributed by atoms with Crippen molar-refractivity contribution in [1.82, 2.24) is 20.3 Å². The van der Waals surface area contributed by atoms with Gasteiger partial charge in [-0.2, -0.15) is 0 Å². The van der Waals surface area contributed by atoms with Gasteiger partial charge in [0.15, 0.2) is 5.78 Å². The summed E-state index contributed by atoms with van der Waals surface area (Å²) in [6, 6.07) is -1.68. The van der Waals surface area contributed by atoms with Gasteiger partial charge in [0, 0.05) is 12.3 Å². The van der Waals surface area contributed by atoms with Gasteiger partial charge in [0.2, 0.25) is 5.91 Å². The second-order valence-corrected chi connectivity index (χ2v) is 5.94. The van der Waals surface area contributed by atoms with Crippen LogP contribution in [0.15, 0.2) is 6.20 Å². The first kappa shape index (κ1) is 18.0. The maximum absolute atomic E-state index is 12.7. The van der Waals surface area contributed by atoms with E-state index in [4.69, 9.17) is 16.6 Å². The molecule has 2 atom stereocenters. The van der Waals surface area contributed by atoms with Crippen LogP contribution in [0.4, 0.5) is 0 Å². The second-order valence-electron chi connectivity index (χ2n) is 5.94. The predicted octanol–water partition coefficient (Wildman–Crippen LogP) is -1.26. The summed E-state index contributed by atoms with van der Waals surface area (Å²) in [6.07, 6.45) is 2.26. The summed E-state index contributed by atoms with van der Waals surface area (Å²) in [4.78, 5) is 34.8. The van der Waals surface area contributed by atoms with Gasteiger partial charge in [0.25, 0.3) is 0 Å². The number of rotatable bonds is 8.